The molecule has 0 atom stereocenters. The maximum absolute atomic E-state index is 11.8. The van der Waals surface area contributed by atoms with E-state index < -0.39 is 5.97 Å². The summed E-state index contributed by atoms with van der Waals surface area (Å²) in [4.78, 5) is 26.6. The molecule has 5 nitrogen and oxygen atoms in total. The standard InChI is InChI=1S/C14H11ClN2O3/c15-11-4-5-16-12(7-11)13(18)17-8-9-2-1-3-10(6-9)14(19)20/h1-7H,8H2,(H,17,18)(H,19,20). The molecule has 0 spiro atoms. The Hall–Kier alpha value is -2.40. The molecule has 0 radical (unpaired) electrons. The van der Waals surface area contributed by atoms with Crippen molar-refractivity contribution in [3.8, 4) is 0 Å². The van der Waals surface area contributed by atoms with Gasteiger partial charge in [-0.1, -0.05) is 23.7 Å². The number of carbonyl (C=O) groups excluding carboxylic acids is 1. The number of aromatic nitrogens is 1. The fourth-order valence-corrected chi connectivity index (χ4v) is 1.78. The van der Waals surface area contributed by atoms with Crippen molar-refractivity contribution in [2.45, 2.75) is 6.54 Å². The molecule has 0 aliphatic heterocycles. The second kappa shape index (κ2) is 6.16. The minimum atomic E-state index is -1.00. The van der Waals surface area contributed by atoms with Crippen LogP contribution in [-0.2, 0) is 6.54 Å². The Morgan fingerprint density at radius 3 is 2.75 bits per heavy atom. The molecular formula is C14H11ClN2O3. The SMILES string of the molecule is O=C(O)c1cccc(CNC(=O)c2cc(Cl)ccn2)c1. The first-order chi connectivity index (χ1) is 9.56. The molecule has 0 unspecified atom stereocenters. The predicted octanol–water partition coefficient (Wildman–Crippen LogP) is 2.36. The number of hydrogen-bond acceptors (Lipinski definition) is 3. The van der Waals surface area contributed by atoms with Gasteiger partial charge in [-0.3, -0.25) is 9.78 Å². The van der Waals surface area contributed by atoms with Crippen LogP contribution >= 0.6 is 11.6 Å². The summed E-state index contributed by atoms with van der Waals surface area (Å²) in [6, 6.07) is 9.40. The average Bonchev–Trinajstić information content (AvgIpc) is 2.45. The van der Waals surface area contributed by atoms with E-state index in [9.17, 15) is 9.59 Å². The molecule has 1 amide bonds. The number of benzene rings is 1. The Labute approximate surface area is 120 Å². The molecule has 0 fully saturated rings. The van der Waals surface area contributed by atoms with Crippen molar-refractivity contribution in [1.29, 1.82) is 0 Å². The number of rotatable bonds is 4. The smallest absolute Gasteiger partial charge is 0.335 e. The van der Waals surface area contributed by atoms with E-state index in [4.69, 9.17) is 16.7 Å². The summed E-state index contributed by atoms with van der Waals surface area (Å²) in [6.07, 6.45) is 1.45. The van der Waals surface area contributed by atoms with Crippen molar-refractivity contribution >= 4 is 23.5 Å². The molecule has 6 heteroatoms. The number of halogens is 1. The third kappa shape index (κ3) is 3.55. The van der Waals surface area contributed by atoms with Crippen LogP contribution in [0.5, 0.6) is 0 Å². The predicted molar refractivity (Wildman–Crippen MR) is 73.8 cm³/mol. The van der Waals surface area contributed by atoms with Gasteiger partial charge in [-0.15, -0.1) is 0 Å². The van der Waals surface area contributed by atoms with Crippen LogP contribution in [0.1, 0.15) is 26.4 Å². The van der Waals surface area contributed by atoms with Gasteiger partial charge in [0.1, 0.15) is 5.69 Å². The van der Waals surface area contributed by atoms with Gasteiger partial charge in [0.15, 0.2) is 0 Å². The van der Waals surface area contributed by atoms with E-state index in [-0.39, 0.29) is 23.7 Å². The molecule has 0 saturated carbocycles. The second-order valence-corrected chi connectivity index (χ2v) is 4.48. The quantitative estimate of drug-likeness (QED) is 0.906. The average molecular weight is 291 g/mol. The molecular weight excluding hydrogens is 280 g/mol. The highest BCUT2D eigenvalue weighted by Gasteiger charge is 2.08. The Balaban J connectivity index is 2.03. The van der Waals surface area contributed by atoms with Crippen LogP contribution in [0, 0.1) is 0 Å². The van der Waals surface area contributed by atoms with Crippen LogP contribution < -0.4 is 5.32 Å². The van der Waals surface area contributed by atoms with Crippen molar-refractivity contribution in [3.63, 3.8) is 0 Å². The maximum atomic E-state index is 11.8. The van der Waals surface area contributed by atoms with Gasteiger partial charge in [0.05, 0.1) is 5.56 Å². The van der Waals surface area contributed by atoms with Crippen molar-refractivity contribution in [2.24, 2.45) is 0 Å². The van der Waals surface area contributed by atoms with Gasteiger partial charge >= 0.3 is 5.97 Å². The van der Waals surface area contributed by atoms with E-state index in [1.807, 2.05) is 0 Å². The molecule has 2 N–H and O–H groups in total. The van der Waals surface area contributed by atoms with Crippen LogP contribution in [0.2, 0.25) is 5.02 Å². The van der Waals surface area contributed by atoms with Gasteiger partial charge < -0.3 is 10.4 Å². The Bertz CT molecular complexity index is 658. The van der Waals surface area contributed by atoms with Gasteiger partial charge in [-0.05, 0) is 29.8 Å². The molecule has 2 aromatic rings. The maximum Gasteiger partial charge on any atom is 0.335 e. The number of carboxylic acids is 1. The number of carboxylic acid groups (broad SMARTS) is 1. The normalized spacial score (nSPS) is 10.1. The number of aromatic carboxylic acids is 1. The van der Waals surface area contributed by atoms with Gasteiger partial charge in [0, 0.05) is 17.8 Å². The van der Waals surface area contributed by atoms with E-state index in [1.165, 1.54) is 24.4 Å². The second-order valence-electron chi connectivity index (χ2n) is 4.05. The van der Waals surface area contributed by atoms with Crippen molar-refractivity contribution in [1.82, 2.24) is 10.3 Å². The monoisotopic (exact) mass is 290 g/mol. The van der Waals surface area contributed by atoms with Crippen LogP contribution in [0.4, 0.5) is 0 Å². The summed E-state index contributed by atoms with van der Waals surface area (Å²) in [7, 11) is 0. The molecule has 20 heavy (non-hydrogen) atoms. The zero-order valence-electron chi connectivity index (χ0n) is 10.3. The lowest BCUT2D eigenvalue weighted by Gasteiger charge is -2.06. The Morgan fingerprint density at radius 1 is 1.25 bits per heavy atom. The number of nitrogens with one attached hydrogen (secondary N) is 1. The van der Waals surface area contributed by atoms with E-state index in [1.54, 1.807) is 18.2 Å². The molecule has 0 saturated heterocycles. The van der Waals surface area contributed by atoms with Crippen LogP contribution in [0.25, 0.3) is 0 Å². The minimum absolute atomic E-state index is 0.178. The van der Waals surface area contributed by atoms with Crippen molar-refractivity contribution < 1.29 is 14.7 Å². The largest absolute Gasteiger partial charge is 0.478 e. The summed E-state index contributed by atoms with van der Waals surface area (Å²) < 4.78 is 0. The first-order valence-electron chi connectivity index (χ1n) is 5.78. The van der Waals surface area contributed by atoms with Gasteiger partial charge in [0.2, 0.25) is 0 Å². The molecule has 1 aromatic carbocycles. The number of pyridine rings is 1. The van der Waals surface area contributed by atoms with Gasteiger partial charge in [-0.2, -0.15) is 0 Å². The molecule has 0 aliphatic carbocycles. The lowest BCUT2D eigenvalue weighted by molar-refractivity contribution is 0.0696. The molecule has 0 bridgehead atoms. The van der Waals surface area contributed by atoms with Crippen LogP contribution in [-0.4, -0.2) is 22.0 Å². The number of hydrogen-bond donors (Lipinski definition) is 2. The third-order valence-corrected chi connectivity index (χ3v) is 2.82. The fraction of sp³-hybridized carbons (Fsp3) is 0.0714. The van der Waals surface area contributed by atoms with Crippen LogP contribution in [0.15, 0.2) is 42.6 Å². The van der Waals surface area contributed by atoms with Crippen molar-refractivity contribution in [3.05, 3.63) is 64.4 Å². The van der Waals surface area contributed by atoms with Gasteiger partial charge in [-0.25, -0.2) is 4.79 Å². The lowest BCUT2D eigenvalue weighted by Crippen LogP contribution is -2.23. The van der Waals surface area contributed by atoms with E-state index in [2.05, 4.69) is 10.3 Å². The zero-order chi connectivity index (χ0) is 14.5. The number of carbonyl (C=O) groups is 2. The Kier molecular flexibility index (Phi) is 4.32. The molecule has 1 heterocycles. The summed E-state index contributed by atoms with van der Waals surface area (Å²) >= 11 is 5.78. The lowest BCUT2D eigenvalue weighted by atomic mass is 10.1. The van der Waals surface area contributed by atoms with E-state index in [0.717, 1.165) is 0 Å². The van der Waals surface area contributed by atoms with E-state index in [0.29, 0.717) is 10.6 Å². The molecule has 102 valence electrons. The molecule has 2 rings (SSSR count). The summed E-state index contributed by atoms with van der Waals surface area (Å²) in [5.41, 5.74) is 1.09. The first-order valence-corrected chi connectivity index (χ1v) is 6.16. The topological polar surface area (TPSA) is 79.3 Å². The highest BCUT2D eigenvalue weighted by molar-refractivity contribution is 6.30. The summed E-state index contributed by atoms with van der Waals surface area (Å²) in [6.45, 7) is 0.216. The highest BCUT2D eigenvalue weighted by atomic mass is 35.5. The molecule has 1 aromatic heterocycles. The zero-order valence-corrected chi connectivity index (χ0v) is 11.1. The summed E-state index contributed by atoms with van der Waals surface area (Å²) in [5.74, 6) is -1.37. The first kappa shape index (κ1) is 14.0. The number of nitrogens with zero attached hydrogens (tertiary/aromatic N) is 1. The summed E-state index contributed by atoms with van der Waals surface area (Å²) in [5, 5.41) is 12.0. The van der Waals surface area contributed by atoms with E-state index >= 15 is 0 Å². The van der Waals surface area contributed by atoms with Gasteiger partial charge in [0.25, 0.3) is 5.91 Å². The fourth-order valence-electron chi connectivity index (χ4n) is 1.62. The number of amides is 1. The third-order valence-electron chi connectivity index (χ3n) is 2.58. The Morgan fingerprint density at radius 2 is 2.05 bits per heavy atom. The minimum Gasteiger partial charge on any atom is -0.478 e. The highest BCUT2D eigenvalue weighted by Crippen LogP contribution is 2.09. The molecule has 0 aliphatic rings. The van der Waals surface area contributed by atoms with Crippen molar-refractivity contribution in [2.75, 3.05) is 0 Å². The van der Waals surface area contributed by atoms with Crippen LogP contribution in [0.3, 0.4) is 0 Å².